The lowest BCUT2D eigenvalue weighted by Gasteiger charge is -2.31. The van der Waals surface area contributed by atoms with Gasteiger partial charge in [0.05, 0.1) is 4.90 Å². The van der Waals surface area contributed by atoms with Crippen molar-refractivity contribution >= 4 is 15.9 Å². The number of carbonyl (C=O) groups is 1. The minimum absolute atomic E-state index is 0.111. The number of hydrogen-bond donors (Lipinski definition) is 2. The van der Waals surface area contributed by atoms with Gasteiger partial charge < -0.3 is 11.1 Å². The maximum Gasteiger partial charge on any atom is 0.249 e. The number of nitrogens with two attached hydrogens (primary N) is 1. The molecule has 6 nitrogen and oxygen atoms in total. The highest BCUT2D eigenvalue weighted by Gasteiger charge is 2.29. The summed E-state index contributed by atoms with van der Waals surface area (Å²) in [6, 6.07) is 4.60. The number of amides is 1. The van der Waals surface area contributed by atoms with Crippen LogP contribution in [0.2, 0.25) is 0 Å². The molecule has 0 aliphatic carbocycles. The number of piperazine rings is 1. The Kier molecular flexibility index (Phi) is 4.12. The summed E-state index contributed by atoms with van der Waals surface area (Å²) in [5.41, 5.74) is 6.19. The first-order chi connectivity index (χ1) is 9.32. The Morgan fingerprint density at radius 2 is 2.15 bits per heavy atom. The number of aryl methyl sites for hydroxylation is 1. The molecular formula is C13H19N3O3S. The quantitative estimate of drug-likeness (QED) is 0.826. The van der Waals surface area contributed by atoms with Gasteiger partial charge in [0, 0.05) is 31.2 Å². The molecule has 2 rings (SSSR count). The first-order valence-electron chi connectivity index (χ1n) is 6.46. The highest BCUT2D eigenvalue weighted by atomic mass is 32.2. The van der Waals surface area contributed by atoms with E-state index in [1.165, 1.54) is 16.4 Å². The topological polar surface area (TPSA) is 92.5 Å². The summed E-state index contributed by atoms with van der Waals surface area (Å²) in [6.45, 7) is 5.12. The van der Waals surface area contributed by atoms with E-state index in [9.17, 15) is 13.2 Å². The third-order valence-corrected chi connectivity index (χ3v) is 5.30. The SMILES string of the molecule is Cc1ccc(S(=O)(=O)N2CCN[C@@H](C)C2)cc1C(N)=O. The van der Waals surface area contributed by atoms with Crippen molar-refractivity contribution in [1.29, 1.82) is 0 Å². The van der Waals surface area contributed by atoms with Crippen LogP contribution in [0.25, 0.3) is 0 Å². The minimum Gasteiger partial charge on any atom is -0.366 e. The van der Waals surface area contributed by atoms with Crippen LogP contribution in [-0.4, -0.2) is 44.3 Å². The third-order valence-electron chi connectivity index (χ3n) is 3.44. The minimum atomic E-state index is -3.58. The largest absolute Gasteiger partial charge is 0.366 e. The molecule has 1 amide bonds. The van der Waals surface area contributed by atoms with E-state index in [1.807, 2.05) is 6.92 Å². The molecule has 0 bridgehead atoms. The van der Waals surface area contributed by atoms with Crippen molar-refractivity contribution < 1.29 is 13.2 Å². The van der Waals surface area contributed by atoms with Crippen LogP contribution in [-0.2, 0) is 10.0 Å². The van der Waals surface area contributed by atoms with E-state index in [2.05, 4.69) is 5.32 Å². The Balaban J connectivity index is 2.39. The maximum atomic E-state index is 12.6. The van der Waals surface area contributed by atoms with Crippen LogP contribution in [0.15, 0.2) is 23.1 Å². The van der Waals surface area contributed by atoms with E-state index in [0.29, 0.717) is 25.2 Å². The molecule has 0 spiro atoms. The van der Waals surface area contributed by atoms with E-state index >= 15 is 0 Å². The predicted molar refractivity (Wildman–Crippen MR) is 75.9 cm³/mol. The monoisotopic (exact) mass is 297 g/mol. The molecule has 0 radical (unpaired) electrons. The second-order valence-electron chi connectivity index (χ2n) is 5.06. The smallest absolute Gasteiger partial charge is 0.249 e. The van der Waals surface area contributed by atoms with Crippen molar-refractivity contribution in [3.05, 3.63) is 29.3 Å². The number of nitrogens with zero attached hydrogens (tertiary/aromatic N) is 1. The Morgan fingerprint density at radius 1 is 1.45 bits per heavy atom. The molecule has 110 valence electrons. The molecule has 7 heteroatoms. The van der Waals surface area contributed by atoms with Gasteiger partial charge in [-0.1, -0.05) is 6.07 Å². The van der Waals surface area contributed by atoms with Crippen molar-refractivity contribution in [3.63, 3.8) is 0 Å². The molecule has 1 saturated heterocycles. The lowest BCUT2D eigenvalue weighted by atomic mass is 10.1. The number of hydrogen-bond acceptors (Lipinski definition) is 4. The summed E-state index contributed by atoms with van der Waals surface area (Å²) in [5, 5.41) is 3.19. The summed E-state index contributed by atoms with van der Waals surface area (Å²) in [5.74, 6) is -0.617. The highest BCUT2D eigenvalue weighted by Crippen LogP contribution is 2.20. The summed E-state index contributed by atoms with van der Waals surface area (Å²) in [6.07, 6.45) is 0. The first kappa shape index (κ1) is 15.0. The Morgan fingerprint density at radius 3 is 2.75 bits per heavy atom. The predicted octanol–water partition coefficient (Wildman–Crippen LogP) is 0.0763. The molecule has 0 unspecified atom stereocenters. The Labute approximate surface area is 119 Å². The van der Waals surface area contributed by atoms with Gasteiger partial charge in [0.1, 0.15) is 0 Å². The van der Waals surface area contributed by atoms with Gasteiger partial charge in [-0.25, -0.2) is 8.42 Å². The fourth-order valence-electron chi connectivity index (χ4n) is 2.29. The van der Waals surface area contributed by atoms with Crippen molar-refractivity contribution in [2.75, 3.05) is 19.6 Å². The van der Waals surface area contributed by atoms with Crippen molar-refractivity contribution in [2.45, 2.75) is 24.8 Å². The van der Waals surface area contributed by atoms with Crippen LogP contribution >= 0.6 is 0 Å². The number of nitrogens with one attached hydrogen (secondary N) is 1. The average Bonchev–Trinajstić information content (AvgIpc) is 2.38. The van der Waals surface area contributed by atoms with Gasteiger partial charge in [0.25, 0.3) is 0 Å². The van der Waals surface area contributed by atoms with Crippen LogP contribution in [0.4, 0.5) is 0 Å². The second kappa shape index (κ2) is 5.51. The molecule has 1 fully saturated rings. The standard InChI is InChI=1S/C13H19N3O3S/c1-9-3-4-11(7-12(9)13(14)17)20(18,19)16-6-5-15-10(2)8-16/h3-4,7,10,15H,5-6,8H2,1-2H3,(H2,14,17)/t10-/m0/s1. The van der Waals surface area contributed by atoms with Gasteiger partial charge in [0.15, 0.2) is 0 Å². The number of sulfonamides is 1. The zero-order chi connectivity index (χ0) is 14.9. The molecule has 0 saturated carbocycles. The third kappa shape index (κ3) is 2.84. The molecule has 1 aromatic carbocycles. The van der Waals surface area contributed by atoms with Crippen LogP contribution in [0.1, 0.15) is 22.8 Å². The van der Waals surface area contributed by atoms with E-state index in [1.54, 1.807) is 13.0 Å². The van der Waals surface area contributed by atoms with E-state index in [-0.39, 0.29) is 16.5 Å². The van der Waals surface area contributed by atoms with Crippen LogP contribution in [0.3, 0.4) is 0 Å². The van der Waals surface area contributed by atoms with Gasteiger partial charge in [0.2, 0.25) is 15.9 Å². The fraction of sp³-hybridized carbons (Fsp3) is 0.462. The number of carbonyl (C=O) groups excluding carboxylic acids is 1. The normalized spacial score (nSPS) is 20.8. The fourth-order valence-corrected chi connectivity index (χ4v) is 3.85. The maximum absolute atomic E-state index is 12.6. The van der Waals surface area contributed by atoms with E-state index in [0.717, 1.165) is 0 Å². The Hall–Kier alpha value is -1.44. The number of rotatable bonds is 3. The van der Waals surface area contributed by atoms with Crippen LogP contribution in [0, 0.1) is 6.92 Å². The molecular weight excluding hydrogens is 278 g/mol. The van der Waals surface area contributed by atoms with Gasteiger partial charge in [-0.15, -0.1) is 0 Å². The van der Waals surface area contributed by atoms with Gasteiger partial charge >= 0.3 is 0 Å². The lowest BCUT2D eigenvalue weighted by Crippen LogP contribution is -2.51. The zero-order valence-electron chi connectivity index (χ0n) is 11.6. The molecule has 1 aromatic rings. The van der Waals surface area contributed by atoms with Gasteiger partial charge in [-0.05, 0) is 31.5 Å². The molecule has 1 aliphatic rings. The molecule has 3 N–H and O–H groups in total. The van der Waals surface area contributed by atoms with Gasteiger partial charge in [-0.3, -0.25) is 4.79 Å². The molecule has 1 heterocycles. The lowest BCUT2D eigenvalue weighted by molar-refractivity contribution is 0.0999. The molecule has 1 atom stereocenters. The second-order valence-corrected chi connectivity index (χ2v) is 7.00. The zero-order valence-corrected chi connectivity index (χ0v) is 12.4. The summed E-state index contributed by atoms with van der Waals surface area (Å²) in [7, 11) is -3.58. The Bertz CT molecular complexity index is 628. The number of primary amides is 1. The van der Waals surface area contributed by atoms with Crippen LogP contribution < -0.4 is 11.1 Å². The van der Waals surface area contributed by atoms with E-state index in [4.69, 9.17) is 5.73 Å². The van der Waals surface area contributed by atoms with Crippen molar-refractivity contribution in [1.82, 2.24) is 9.62 Å². The van der Waals surface area contributed by atoms with E-state index < -0.39 is 15.9 Å². The summed E-state index contributed by atoms with van der Waals surface area (Å²) >= 11 is 0. The van der Waals surface area contributed by atoms with Gasteiger partial charge in [-0.2, -0.15) is 4.31 Å². The van der Waals surface area contributed by atoms with Crippen molar-refractivity contribution in [2.24, 2.45) is 5.73 Å². The molecule has 0 aromatic heterocycles. The number of benzene rings is 1. The highest BCUT2D eigenvalue weighted by molar-refractivity contribution is 7.89. The van der Waals surface area contributed by atoms with Crippen molar-refractivity contribution in [3.8, 4) is 0 Å². The average molecular weight is 297 g/mol. The first-order valence-corrected chi connectivity index (χ1v) is 7.90. The molecule has 1 aliphatic heterocycles. The summed E-state index contributed by atoms with van der Waals surface area (Å²) in [4.78, 5) is 11.4. The molecule has 20 heavy (non-hydrogen) atoms. The van der Waals surface area contributed by atoms with Crippen LogP contribution in [0.5, 0.6) is 0 Å². The summed E-state index contributed by atoms with van der Waals surface area (Å²) < 4.78 is 26.6.